The third-order valence-electron chi connectivity index (χ3n) is 6.23. The second kappa shape index (κ2) is 8.83. The van der Waals surface area contributed by atoms with Crippen LogP contribution in [0.25, 0.3) is 10.8 Å². The summed E-state index contributed by atoms with van der Waals surface area (Å²) in [5.74, 6) is 0.880. The van der Waals surface area contributed by atoms with Crippen LogP contribution in [0.1, 0.15) is 18.9 Å². The summed E-state index contributed by atoms with van der Waals surface area (Å²) in [6.45, 7) is 2.31. The Morgan fingerprint density at radius 2 is 1.77 bits per heavy atom. The second-order valence-corrected chi connectivity index (χ2v) is 8.63. The van der Waals surface area contributed by atoms with Gasteiger partial charge in [-0.1, -0.05) is 18.2 Å². The van der Waals surface area contributed by atoms with E-state index in [1.165, 1.54) is 0 Å². The first kappa shape index (κ1) is 22.5. The number of rotatable bonds is 5. The molecule has 0 aromatic heterocycles. The molecule has 9 heteroatoms. The van der Waals surface area contributed by atoms with Gasteiger partial charge in [0, 0.05) is 18.2 Å². The zero-order chi connectivity index (χ0) is 24.6. The number of imide groups is 1. The average molecular weight is 476 g/mol. The second-order valence-electron chi connectivity index (χ2n) is 8.63. The maximum atomic E-state index is 13.3. The standard InChI is InChI=1S/C26H25N3O6/c1-26(18-6-4-17-13-20(33-2)8-5-16(17)12-18)24(31)29(25(32)28-26)15-23(30)27-19-7-9-21-22(14-19)35-11-3-10-34-21/h4-9,12-14H,3,10-11,15H2,1-2H3,(H,27,30)(H,28,32). The fraction of sp³-hybridized carbons (Fsp3) is 0.269. The van der Waals surface area contributed by atoms with E-state index in [0.29, 0.717) is 36.0 Å². The van der Waals surface area contributed by atoms with Crippen molar-refractivity contribution in [3.05, 3.63) is 60.2 Å². The monoisotopic (exact) mass is 475 g/mol. The van der Waals surface area contributed by atoms with Crippen LogP contribution in [0.3, 0.4) is 0 Å². The fourth-order valence-electron chi connectivity index (χ4n) is 4.28. The number of ether oxygens (including phenoxy) is 3. The highest BCUT2D eigenvalue weighted by molar-refractivity contribution is 6.10. The summed E-state index contributed by atoms with van der Waals surface area (Å²) in [4.78, 5) is 39.6. The van der Waals surface area contributed by atoms with Gasteiger partial charge in [-0.25, -0.2) is 4.79 Å². The highest BCUT2D eigenvalue weighted by Crippen LogP contribution is 2.33. The summed E-state index contributed by atoms with van der Waals surface area (Å²) in [6, 6.07) is 15.6. The Bertz CT molecular complexity index is 1340. The number of amides is 4. The normalized spacial score (nSPS) is 19.3. The van der Waals surface area contributed by atoms with E-state index in [-0.39, 0.29) is 0 Å². The van der Waals surface area contributed by atoms with Gasteiger partial charge in [0.05, 0.1) is 20.3 Å². The van der Waals surface area contributed by atoms with E-state index in [2.05, 4.69) is 10.6 Å². The van der Waals surface area contributed by atoms with E-state index >= 15 is 0 Å². The molecule has 35 heavy (non-hydrogen) atoms. The van der Waals surface area contributed by atoms with Gasteiger partial charge in [0.2, 0.25) is 5.91 Å². The number of anilines is 1. The number of carbonyl (C=O) groups excluding carboxylic acids is 3. The van der Waals surface area contributed by atoms with E-state index < -0.39 is 29.9 Å². The maximum Gasteiger partial charge on any atom is 0.325 e. The molecule has 3 aromatic carbocycles. The summed E-state index contributed by atoms with van der Waals surface area (Å²) in [6.07, 6.45) is 0.771. The molecule has 1 unspecified atom stereocenters. The molecule has 3 aromatic rings. The maximum absolute atomic E-state index is 13.3. The molecule has 2 N–H and O–H groups in total. The van der Waals surface area contributed by atoms with E-state index in [1.54, 1.807) is 38.3 Å². The lowest BCUT2D eigenvalue weighted by Gasteiger charge is -2.22. The summed E-state index contributed by atoms with van der Waals surface area (Å²) >= 11 is 0. The van der Waals surface area contributed by atoms with Crippen LogP contribution < -0.4 is 24.8 Å². The number of urea groups is 1. The number of carbonyl (C=O) groups is 3. The van der Waals surface area contributed by atoms with Crippen molar-refractivity contribution in [2.75, 3.05) is 32.2 Å². The SMILES string of the molecule is COc1ccc2cc(C3(C)NC(=O)N(CC(=O)Nc4ccc5c(c4)OCCCO5)C3=O)ccc2c1. The number of hydrogen-bond acceptors (Lipinski definition) is 6. The first-order valence-electron chi connectivity index (χ1n) is 11.3. The number of benzene rings is 3. The van der Waals surface area contributed by atoms with Crippen LogP contribution in [0.5, 0.6) is 17.2 Å². The van der Waals surface area contributed by atoms with Crippen molar-refractivity contribution >= 4 is 34.3 Å². The molecule has 0 aliphatic carbocycles. The first-order valence-corrected chi connectivity index (χ1v) is 11.3. The lowest BCUT2D eigenvalue weighted by atomic mass is 9.90. The Balaban J connectivity index is 1.31. The number of nitrogens with zero attached hydrogens (tertiary/aromatic N) is 1. The van der Waals surface area contributed by atoms with E-state index in [4.69, 9.17) is 14.2 Å². The molecule has 0 saturated carbocycles. The Morgan fingerprint density at radius 3 is 2.57 bits per heavy atom. The molecule has 0 radical (unpaired) electrons. The lowest BCUT2D eigenvalue weighted by molar-refractivity contribution is -0.133. The molecule has 2 heterocycles. The van der Waals surface area contributed by atoms with Crippen LogP contribution in [-0.4, -0.2) is 49.6 Å². The molecule has 0 bridgehead atoms. The molecule has 1 saturated heterocycles. The van der Waals surface area contributed by atoms with E-state index in [1.807, 2.05) is 30.3 Å². The van der Waals surface area contributed by atoms with Gasteiger partial charge < -0.3 is 24.8 Å². The third kappa shape index (κ3) is 4.21. The topological polar surface area (TPSA) is 106 Å². The molecule has 2 aliphatic rings. The van der Waals surface area contributed by atoms with Crippen LogP contribution in [-0.2, 0) is 15.1 Å². The van der Waals surface area contributed by atoms with Gasteiger partial charge in [-0.15, -0.1) is 0 Å². The van der Waals surface area contributed by atoms with Gasteiger partial charge in [0.15, 0.2) is 11.5 Å². The molecular weight excluding hydrogens is 450 g/mol. The summed E-state index contributed by atoms with van der Waals surface area (Å²) in [5, 5.41) is 7.31. The average Bonchev–Trinajstić information content (AvgIpc) is 3.01. The Hall–Kier alpha value is -4.27. The van der Waals surface area contributed by atoms with E-state index in [9.17, 15) is 14.4 Å². The zero-order valence-corrected chi connectivity index (χ0v) is 19.4. The van der Waals surface area contributed by atoms with Crippen LogP contribution in [0.2, 0.25) is 0 Å². The molecule has 180 valence electrons. The number of fused-ring (bicyclic) bond motifs is 2. The highest BCUT2D eigenvalue weighted by atomic mass is 16.5. The fourth-order valence-corrected chi connectivity index (χ4v) is 4.28. The quantitative estimate of drug-likeness (QED) is 0.548. The zero-order valence-electron chi connectivity index (χ0n) is 19.4. The van der Waals surface area contributed by atoms with Gasteiger partial charge in [0.25, 0.3) is 5.91 Å². The number of hydrogen-bond donors (Lipinski definition) is 2. The Labute approximate surface area is 201 Å². The molecule has 9 nitrogen and oxygen atoms in total. The minimum Gasteiger partial charge on any atom is -0.497 e. The lowest BCUT2D eigenvalue weighted by Crippen LogP contribution is -2.42. The largest absolute Gasteiger partial charge is 0.497 e. The van der Waals surface area contributed by atoms with Gasteiger partial charge in [-0.2, -0.15) is 0 Å². The first-order chi connectivity index (χ1) is 16.9. The van der Waals surface area contributed by atoms with Crippen molar-refractivity contribution in [1.82, 2.24) is 10.2 Å². The summed E-state index contributed by atoms with van der Waals surface area (Å²) < 4.78 is 16.5. The minimum absolute atomic E-state index is 0.417. The molecule has 0 spiro atoms. The molecule has 5 rings (SSSR count). The van der Waals surface area contributed by atoms with Crippen molar-refractivity contribution in [1.29, 1.82) is 0 Å². The van der Waals surface area contributed by atoms with Crippen LogP contribution >= 0.6 is 0 Å². The van der Waals surface area contributed by atoms with Crippen molar-refractivity contribution < 1.29 is 28.6 Å². The third-order valence-corrected chi connectivity index (χ3v) is 6.23. The van der Waals surface area contributed by atoms with E-state index in [0.717, 1.165) is 27.8 Å². The smallest absolute Gasteiger partial charge is 0.325 e. The van der Waals surface area contributed by atoms with Crippen LogP contribution in [0.15, 0.2) is 54.6 Å². The molecule has 1 atom stereocenters. The predicted octanol–water partition coefficient (Wildman–Crippen LogP) is 3.42. The van der Waals surface area contributed by atoms with Gasteiger partial charge >= 0.3 is 6.03 Å². The Morgan fingerprint density at radius 1 is 1.03 bits per heavy atom. The Kier molecular flexibility index (Phi) is 5.68. The predicted molar refractivity (Wildman–Crippen MR) is 129 cm³/mol. The van der Waals surface area contributed by atoms with Crippen LogP contribution in [0.4, 0.5) is 10.5 Å². The van der Waals surface area contributed by atoms with Crippen molar-refractivity contribution in [2.24, 2.45) is 0 Å². The van der Waals surface area contributed by atoms with Crippen molar-refractivity contribution in [3.8, 4) is 17.2 Å². The summed E-state index contributed by atoms with van der Waals surface area (Å²) in [7, 11) is 1.60. The molecule has 4 amide bonds. The highest BCUT2D eigenvalue weighted by Gasteiger charge is 2.49. The molecular formula is C26H25N3O6. The van der Waals surface area contributed by atoms with Gasteiger partial charge in [-0.05, 0) is 53.6 Å². The molecule has 1 fully saturated rings. The van der Waals surface area contributed by atoms with Crippen LogP contribution in [0, 0.1) is 0 Å². The minimum atomic E-state index is -1.29. The molecule has 2 aliphatic heterocycles. The number of nitrogens with one attached hydrogen (secondary N) is 2. The number of methoxy groups -OCH3 is 1. The van der Waals surface area contributed by atoms with Gasteiger partial charge in [-0.3, -0.25) is 14.5 Å². The van der Waals surface area contributed by atoms with Crippen molar-refractivity contribution in [2.45, 2.75) is 18.9 Å². The van der Waals surface area contributed by atoms with Gasteiger partial charge in [0.1, 0.15) is 17.8 Å². The van der Waals surface area contributed by atoms with Crippen molar-refractivity contribution in [3.63, 3.8) is 0 Å². The summed E-state index contributed by atoms with van der Waals surface area (Å²) in [5.41, 5.74) is -0.181.